The zero-order chi connectivity index (χ0) is 25.4. The molecule has 0 saturated heterocycles. The molecule has 8 heteroatoms. The average Bonchev–Trinajstić information content (AvgIpc) is 3.33. The fourth-order valence-corrected chi connectivity index (χ4v) is 5.36. The van der Waals surface area contributed by atoms with E-state index in [1.54, 1.807) is 19.2 Å². The Labute approximate surface area is 214 Å². The van der Waals surface area contributed by atoms with Gasteiger partial charge < -0.3 is 24.3 Å². The van der Waals surface area contributed by atoms with Crippen molar-refractivity contribution < 1.29 is 28.5 Å². The minimum absolute atomic E-state index is 0.00963. The molecular weight excluding hydrogens is 482 g/mol. The van der Waals surface area contributed by atoms with E-state index in [-0.39, 0.29) is 25.1 Å². The van der Waals surface area contributed by atoms with Crippen molar-refractivity contribution in [3.05, 3.63) is 87.7 Å². The monoisotopic (exact) mass is 507 g/mol. The van der Waals surface area contributed by atoms with Crippen molar-refractivity contribution in [1.29, 1.82) is 0 Å². The van der Waals surface area contributed by atoms with Crippen molar-refractivity contribution in [3.8, 4) is 17.2 Å². The number of carbonyl (C=O) groups excluding carboxylic acids is 2. The number of ether oxygens (including phenoxy) is 4. The van der Waals surface area contributed by atoms with Crippen molar-refractivity contribution in [2.45, 2.75) is 31.6 Å². The van der Waals surface area contributed by atoms with Crippen LogP contribution in [0.5, 0.6) is 17.2 Å². The normalized spacial score (nSPS) is 20.6. The first kappa shape index (κ1) is 24.0. The van der Waals surface area contributed by atoms with Gasteiger partial charge in [-0.05, 0) is 48.6 Å². The molecule has 0 amide bonds. The van der Waals surface area contributed by atoms with E-state index in [1.807, 2.05) is 31.2 Å². The number of Topliss-reactive ketones (excluding diaryl/α,β-unsaturated/α-hetero) is 1. The lowest BCUT2D eigenvalue weighted by molar-refractivity contribution is -0.138. The Morgan fingerprint density at radius 1 is 1.19 bits per heavy atom. The number of rotatable bonds is 6. The number of methoxy groups -OCH3 is 1. The predicted molar refractivity (Wildman–Crippen MR) is 134 cm³/mol. The van der Waals surface area contributed by atoms with Crippen LogP contribution in [0.2, 0.25) is 5.02 Å². The van der Waals surface area contributed by atoms with Crippen molar-refractivity contribution in [2.75, 3.05) is 20.5 Å². The second kappa shape index (κ2) is 9.74. The highest BCUT2D eigenvalue weighted by Gasteiger charge is 2.42. The third-order valence-electron chi connectivity index (χ3n) is 6.77. The molecule has 0 aromatic heterocycles. The molecule has 0 spiro atoms. The molecule has 2 heterocycles. The first-order chi connectivity index (χ1) is 17.4. The Balaban J connectivity index is 1.59. The summed E-state index contributed by atoms with van der Waals surface area (Å²) in [7, 11) is 1.62. The summed E-state index contributed by atoms with van der Waals surface area (Å²) >= 11 is 6.70. The maximum Gasteiger partial charge on any atom is 0.337 e. The number of halogens is 1. The molecule has 1 N–H and O–H groups in total. The molecule has 36 heavy (non-hydrogen) atoms. The fraction of sp³-hybridized carbons (Fsp3) is 0.286. The van der Waals surface area contributed by atoms with Crippen LogP contribution in [0.25, 0.3) is 0 Å². The average molecular weight is 508 g/mol. The summed E-state index contributed by atoms with van der Waals surface area (Å²) in [5.74, 6) is 0.508. The third-order valence-corrected chi connectivity index (χ3v) is 7.10. The van der Waals surface area contributed by atoms with Gasteiger partial charge in [-0.1, -0.05) is 36.4 Å². The molecule has 5 rings (SSSR count). The second-order valence-corrected chi connectivity index (χ2v) is 9.31. The van der Waals surface area contributed by atoms with E-state index in [1.165, 1.54) is 6.08 Å². The highest BCUT2D eigenvalue weighted by molar-refractivity contribution is 6.32. The summed E-state index contributed by atoms with van der Waals surface area (Å²) in [5.41, 5.74) is 3.90. The van der Waals surface area contributed by atoms with E-state index in [4.69, 9.17) is 30.5 Å². The summed E-state index contributed by atoms with van der Waals surface area (Å²) in [5, 5.41) is 3.72. The van der Waals surface area contributed by atoms with Crippen LogP contribution in [-0.4, -0.2) is 32.3 Å². The van der Waals surface area contributed by atoms with Gasteiger partial charge in [-0.15, -0.1) is 0 Å². The van der Waals surface area contributed by atoms with Gasteiger partial charge in [0.25, 0.3) is 0 Å². The maximum absolute atomic E-state index is 13.7. The minimum atomic E-state index is -0.704. The van der Waals surface area contributed by atoms with Crippen molar-refractivity contribution in [2.24, 2.45) is 0 Å². The number of hydrogen-bond acceptors (Lipinski definition) is 7. The Morgan fingerprint density at radius 3 is 2.61 bits per heavy atom. The number of carbonyl (C=O) groups is 2. The number of nitrogens with one attached hydrogen (secondary N) is 1. The summed E-state index contributed by atoms with van der Waals surface area (Å²) in [6.07, 6.45) is 2.42. The van der Waals surface area contributed by atoms with E-state index < -0.39 is 11.9 Å². The van der Waals surface area contributed by atoms with Crippen LogP contribution in [0.1, 0.15) is 42.7 Å². The maximum atomic E-state index is 13.7. The number of allylic oxidation sites excluding steroid dienone is 3. The predicted octanol–water partition coefficient (Wildman–Crippen LogP) is 5.17. The first-order valence-electron chi connectivity index (χ1n) is 11.7. The molecule has 186 valence electrons. The van der Waals surface area contributed by atoms with Crippen molar-refractivity contribution in [1.82, 2.24) is 5.32 Å². The highest BCUT2D eigenvalue weighted by atomic mass is 35.5. The van der Waals surface area contributed by atoms with Gasteiger partial charge in [0.15, 0.2) is 17.3 Å². The molecule has 0 unspecified atom stereocenters. The largest absolute Gasteiger partial charge is 0.497 e. The topological polar surface area (TPSA) is 83.1 Å². The lowest BCUT2D eigenvalue weighted by Gasteiger charge is -2.37. The zero-order valence-electron chi connectivity index (χ0n) is 20.1. The molecule has 0 radical (unpaired) electrons. The van der Waals surface area contributed by atoms with Crippen LogP contribution in [0.15, 0.2) is 71.6 Å². The van der Waals surface area contributed by atoms with Gasteiger partial charge in [-0.3, -0.25) is 4.79 Å². The number of fused-ring (bicyclic) bond motifs is 1. The summed E-state index contributed by atoms with van der Waals surface area (Å²) in [4.78, 5) is 27.0. The highest BCUT2D eigenvalue weighted by Crippen LogP contribution is 2.49. The zero-order valence-corrected chi connectivity index (χ0v) is 20.8. The van der Waals surface area contributed by atoms with Crippen LogP contribution in [0.3, 0.4) is 0 Å². The molecule has 0 bridgehead atoms. The lowest BCUT2D eigenvalue weighted by Crippen LogP contribution is -2.36. The van der Waals surface area contributed by atoms with Gasteiger partial charge >= 0.3 is 5.97 Å². The van der Waals surface area contributed by atoms with Crippen LogP contribution < -0.4 is 19.5 Å². The van der Waals surface area contributed by atoms with Crippen molar-refractivity contribution in [3.63, 3.8) is 0 Å². The van der Waals surface area contributed by atoms with E-state index in [2.05, 4.69) is 11.9 Å². The molecule has 0 fully saturated rings. The first-order valence-corrected chi connectivity index (χ1v) is 12.0. The molecule has 1 aliphatic carbocycles. The lowest BCUT2D eigenvalue weighted by atomic mass is 9.71. The molecular formula is C28H26ClNO6. The molecule has 2 aliphatic heterocycles. The molecule has 7 nitrogen and oxygen atoms in total. The molecule has 2 aromatic rings. The van der Waals surface area contributed by atoms with E-state index in [9.17, 15) is 9.59 Å². The van der Waals surface area contributed by atoms with Gasteiger partial charge in [0.05, 0.1) is 12.7 Å². The SMILES string of the molecule is C=CCOC(=O)C1=C(C)NC2=C(C(=O)C[C@H](c3ccc(OC)cc3)C2)[C@H]1c1cc2c(cc1Cl)OCO2. The van der Waals surface area contributed by atoms with E-state index >= 15 is 0 Å². The standard InChI is InChI=1S/C28H26ClNO6/c1-4-9-34-28(32)25-15(2)30-21-10-17(16-5-7-18(33-3)8-6-16)11-22(31)27(21)26(25)19-12-23-24(13-20(19)29)36-14-35-23/h4-8,12-13,17,26,30H,1,9-11,14H2,2-3H3/t17-,26+/m1/s1. The van der Waals surface area contributed by atoms with Gasteiger partial charge in [-0.25, -0.2) is 4.79 Å². The Bertz CT molecular complexity index is 1310. The number of benzene rings is 2. The summed E-state index contributed by atoms with van der Waals surface area (Å²) < 4.78 is 21.7. The molecule has 2 aromatic carbocycles. The minimum Gasteiger partial charge on any atom is -0.497 e. The quantitative estimate of drug-likeness (QED) is 0.426. The van der Waals surface area contributed by atoms with Crippen molar-refractivity contribution >= 4 is 23.4 Å². The van der Waals surface area contributed by atoms with Crippen LogP contribution in [0.4, 0.5) is 0 Å². The summed E-state index contributed by atoms with van der Waals surface area (Å²) in [6.45, 7) is 5.57. The Kier molecular flexibility index (Phi) is 6.49. The molecule has 0 saturated carbocycles. The van der Waals surface area contributed by atoms with Crippen LogP contribution in [0, 0.1) is 0 Å². The van der Waals surface area contributed by atoms with Crippen LogP contribution >= 0.6 is 11.6 Å². The van der Waals surface area contributed by atoms with Gasteiger partial charge in [-0.2, -0.15) is 0 Å². The van der Waals surface area contributed by atoms with Gasteiger partial charge in [0.2, 0.25) is 6.79 Å². The number of hydrogen-bond donors (Lipinski definition) is 1. The molecule has 2 atom stereocenters. The van der Waals surface area contributed by atoms with Crippen LogP contribution in [-0.2, 0) is 14.3 Å². The van der Waals surface area contributed by atoms with Gasteiger partial charge in [0.1, 0.15) is 12.4 Å². The Hall–Kier alpha value is -3.71. The third kappa shape index (κ3) is 4.24. The number of ketones is 1. The smallest absolute Gasteiger partial charge is 0.337 e. The molecule has 3 aliphatic rings. The Morgan fingerprint density at radius 2 is 1.92 bits per heavy atom. The second-order valence-electron chi connectivity index (χ2n) is 8.90. The number of dihydropyridines is 1. The fourth-order valence-electron chi connectivity index (χ4n) is 5.10. The van der Waals surface area contributed by atoms with E-state index in [0.29, 0.717) is 51.8 Å². The van der Waals surface area contributed by atoms with Gasteiger partial charge in [0, 0.05) is 40.4 Å². The summed E-state index contributed by atoms with van der Waals surface area (Å²) in [6, 6.07) is 11.2. The van der Waals surface area contributed by atoms with E-state index in [0.717, 1.165) is 17.0 Å². The number of esters is 1.